The van der Waals surface area contributed by atoms with Gasteiger partial charge in [0.1, 0.15) is 5.82 Å². The molecule has 1 aromatic heterocycles. The summed E-state index contributed by atoms with van der Waals surface area (Å²) in [6.07, 6.45) is 0.372. The minimum absolute atomic E-state index is 0.0506. The number of carbonyl (C=O) groups excluding carboxylic acids is 1. The van der Waals surface area contributed by atoms with E-state index in [-0.39, 0.29) is 29.1 Å². The number of methoxy groups -OCH3 is 1. The molecule has 31 heavy (non-hydrogen) atoms. The summed E-state index contributed by atoms with van der Waals surface area (Å²) in [7, 11) is 1.65. The van der Waals surface area contributed by atoms with E-state index in [4.69, 9.17) is 4.74 Å². The summed E-state index contributed by atoms with van der Waals surface area (Å²) in [4.78, 5) is 26.5. The third kappa shape index (κ3) is 4.50. The highest BCUT2D eigenvalue weighted by atomic mass is 19.1. The summed E-state index contributed by atoms with van der Waals surface area (Å²) in [5.74, 6) is -0.867. The molecule has 162 valence electrons. The quantitative estimate of drug-likeness (QED) is 0.607. The molecule has 7 nitrogen and oxygen atoms in total. The van der Waals surface area contributed by atoms with Gasteiger partial charge in [-0.3, -0.25) is 9.59 Å². The summed E-state index contributed by atoms with van der Waals surface area (Å²) in [5.41, 5.74) is 1.21. The Morgan fingerprint density at radius 1 is 1.29 bits per heavy atom. The van der Waals surface area contributed by atoms with Crippen molar-refractivity contribution >= 4 is 16.7 Å². The van der Waals surface area contributed by atoms with Gasteiger partial charge in [-0.1, -0.05) is 24.3 Å². The van der Waals surface area contributed by atoms with Crippen molar-refractivity contribution in [3.05, 3.63) is 75.5 Å². The van der Waals surface area contributed by atoms with Crippen molar-refractivity contribution in [1.82, 2.24) is 20.4 Å². The maximum absolute atomic E-state index is 14.5. The SMILES string of the molecule is COC[C@@H](C)NC1CN(C(=O)c2cc(Cc3n[nH]c(=O)c4ccccc34)ccc2F)C1. The first-order valence-electron chi connectivity index (χ1n) is 10.2. The van der Waals surface area contributed by atoms with Crippen molar-refractivity contribution in [1.29, 1.82) is 0 Å². The molecule has 0 radical (unpaired) electrons. The fraction of sp³-hybridized carbons (Fsp3) is 0.348. The van der Waals surface area contributed by atoms with Crippen LogP contribution in [0.15, 0.2) is 47.3 Å². The largest absolute Gasteiger partial charge is 0.383 e. The number of carbonyl (C=O) groups is 1. The second-order valence-corrected chi connectivity index (χ2v) is 7.97. The number of fused-ring (bicyclic) bond motifs is 1. The Hall–Kier alpha value is -3.10. The third-order valence-electron chi connectivity index (χ3n) is 5.51. The topological polar surface area (TPSA) is 87.3 Å². The maximum Gasteiger partial charge on any atom is 0.272 e. The van der Waals surface area contributed by atoms with Crippen LogP contribution in [0.5, 0.6) is 0 Å². The van der Waals surface area contributed by atoms with Gasteiger partial charge in [0.25, 0.3) is 11.5 Å². The van der Waals surface area contributed by atoms with Crippen LogP contribution in [0, 0.1) is 5.82 Å². The van der Waals surface area contributed by atoms with Gasteiger partial charge in [0.05, 0.1) is 23.3 Å². The van der Waals surface area contributed by atoms with Crippen molar-refractivity contribution in [2.45, 2.75) is 25.4 Å². The van der Waals surface area contributed by atoms with Crippen molar-refractivity contribution in [2.75, 3.05) is 26.8 Å². The fourth-order valence-corrected chi connectivity index (χ4v) is 3.97. The Morgan fingerprint density at radius 2 is 2.03 bits per heavy atom. The number of aromatic nitrogens is 2. The Morgan fingerprint density at radius 3 is 2.77 bits per heavy atom. The Labute approximate surface area is 179 Å². The predicted octanol–water partition coefficient (Wildman–Crippen LogP) is 2.10. The normalized spacial score (nSPS) is 15.1. The summed E-state index contributed by atoms with van der Waals surface area (Å²) in [5, 5.41) is 11.3. The number of likely N-dealkylation sites (tertiary alicyclic amines) is 1. The molecule has 0 aliphatic carbocycles. The zero-order valence-electron chi connectivity index (χ0n) is 17.5. The van der Waals surface area contributed by atoms with Gasteiger partial charge in [0.15, 0.2) is 0 Å². The number of rotatable bonds is 7. The number of hydrogen-bond donors (Lipinski definition) is 2. The average molecular weight is 424 g/mol. The molecule has 1 aliphatic heterocycles. The van der Waals surface area contributed by atoms with Crippen molar-refractivity contribution < 1.29 is 13.9 Å². The minimum atomic E-state index is -0.544. The lowest BCUT2D eigenvalue weighted by atomic mass is 10.0. The third-order valence-corrected chi connectivity index (χ3v) is 5.51. The van der Waals surface area contributed by atoms with E-state index in [2.05, 4.69) is 15.5 Å². The zero-order chi connectivity index (χ0) is 22.0. The van der Waals surface area contributed by atoms with Gasteiger partial charge in [0.2, 0.25) is 0 Å². The van der Waals surface area contributed by atoms with E-state index < -0.39 is 5.82 Å². The molecule has 4 rings (SSSR count). The smallest absolute Gasteiger partial charge is 0.272 e. The molecule has 1 saturated heterocycles. The van der Waals surface area contributed by atoms with Crippen LogP contribution >= 0.6 is 0 Å². The van der Waals surface area contributed by atoms with Crippen molar-refractivity contribution in [3.63, 3.8) is 0 Å². The lowest BCUT2D eigenvalue weighted by molar-refractivity contribution is 0.0527. The molecular formula is C23H25FN4O3. The predicted molar refractivity (Wildman–Crippen MR) is 116 cm³/mol. The number of H-pyrrole nitrogens is 1. The fourth-order valence-electron chi connectivity index (χ4n) is 3.97. The summed E-state index contributed by atoms with van der Waals surface area (Å²) in [6.45, 7) is 3.67. The molecule has 2 N–H and O–H groups in total. The molecule has 2 aromatic carbocycles. The number of hydrogen-bond acceptors (Lipinski definition) is 5. The lowest BCUT2D eigenvalue weighted by Crippen LogP contribution is -2.61. The molecule has 1 atom stereocenters. The van der Waals surface area contributed by atoms with E-state index in [1.165, 1.54) is 6.07 Å². The van der Waals surface area contributed by atoms with Crippen LogP contribution in [0.4, 0.5) is 4.39 Å². The molecule has 1 aliphatic rings. The average Bonchev–Trinajstić information content (AvgIpc) is 2.73. The van der Waals surface area contributed by atoms with Crippen LogP contribution < -0.4 is 10.9 Å². The molecule has 1 fully saturated rings. The van der Waals surface area contributed by atoms with Gasteiger partial charge in [-0.15, -0.1) is 0 Å². The van der Waals surface area contributed by atoms with E-state index in [1.807, 2.05) is 19.1 Å². The second kappa shape index (κ2) is 8.95. The van der Waals surface area contributed by atoms with Crippen LogP contribution in [0.25, 0.3) is 10.8 Å². The number of nitrogens with one attached hydrogen (secondary N) is 2. The number of benzene rings is 2. The number of amides is 1. The van der Waals surface area contributed by atoms with Crippen molar-refractivity contribution in [2.24, 2.45) is 0 Å². The van der Waals surface area contributed by atoms with Gasteiger partial charge in [-0.25, -0.2) is 9.49 Å². The maximum atomic E-state index is 14.5. The van der Waals surface area contributed by atoms with E-state index in [0.717, 1.165) is 10.9 Å². The summed E-state index contributed by atoms with van der Waals surface area (Å²) >= 11 is 0. The molecule has 0 saturated carbocycles. The number of ether oxygens (including phenoxy) is 1. The monoisotopic (exact) mass is 424 g/mol. The molecule has 8 heteroatoms. The minimum Gasteiger partial charge on any atom is -0.383 e. The Kier molecular flexibility index (Phi) is 6.11. The zero-order valence-corrected chi connectivity index (χ0v) is 17.5. The van der Waals surface area contributed by atoms with Crippen molar-refractivity contribution in [3.8, 4) is 0 Å². The van der Waals surface area contributed by atoms with E-state index in [1.54, 1.807) is 36.3 Å². The Balaban J connectivity index is 1.49. The highest BCUT2D eigenvalue weighted by molar-refractivity contribution is 5.95. The first kappa shape index (κ1) is 21.1. The first-order valence-corrected chi connectivity index (χ1v) is 10.2. The van der Waals surface area contributed by atoms with Gasteiger partial charge >= 0.3 is 0 Å². The Bertz CT molecular complexity index is 1160. The number of aromatic amines is 1. The van der Waals surface area contributed by atoms with Crippen LogP contribution in [0.2, 0.25) is 0 Å². The highest BCUT2D eigenvalue weighted by Crippen LogP contribution is 2.21. The van der Waals surface area contributed by atoms with E-state index in [9.17, 15) is 14.0 Å². The molecule has 0 spiro atoms. The number of nitrogens with zero attached hydrogens (tertiary/aromatic N) is 2. The molecule has 3 aromatic rings. The van der Waals surface area contributed by atoms with Crippen LogP contribution in [0.1, 0.15) is 28.5 Å². The van der Waals surface area contributed by atoms with Crippen LogP contribution in [-0.4, -0.2) is 59.9 Å². The van der Waals surface area contributed by atoms with Gasteiger partial charge in [-0.2, -0.15) is 5.10 Å². The highest BCUT2D eigenvalue weighted by Gasteiger charge is 2.33. The van der Waals surface area contributed by atoms with Gasteiger partial charge in [-0.05, 0) is 30.7 Å². The van der Waals surface area contributed by atoms with Gasteiger partial charge in [0, 0.05) is 44.1 Å². The molecule has 0 unspecified atom stereocenters. The second-order valence-electron chi connectivity index (χ2n) is 7.97. The van der Waals surface area contributed by atoms with Crippen LogP contribution in [-0.2, 0) is 11.2 Å². The van der Waals surface area contributed by atoms with Crippen LogP contribution in [0.3, 0.4) is 0 Å². The summed E-state index contributed by atoms with van der Waals surface area (Å²) in [6, 6.07) is 12.1. The van der Waals surface area contributed by atoms with E-state index in [0.29, 0.717) is 37.2 Å². The van der Waals surface area contributed by atoms with Gasteiger partial charge < -0.3 is 15.0 Å². The molecule has 2 heterocycles. The standard InChI is InChI=1S/C23H25FN4O3/c1-14(13-31-2)25-16-11-28(12-16)23(30)19-9-15(7-8-20(19)24)10-21-17-5-3-4-6-18(17)22(29)27-26-21/h3-9,14,16,25H,10-13H2,1-2H3,(H,27,29)/t14-/m1/s1. The number of halogens is 1. The first-order chi connectivity index (χ1) is 15.0. The lowest BCUT2D eigenvalue weighted by Gasteiger charge is -2.41. The van der Waals surface area contributed by atoms with E-state index >= 15 is 0 Å². The summed E-state index contributed by atoms with van der Waals surface area (Å²) < 4.78 is 19.6. The molecule has 1 amide bonds. The molecule has 0 bridgehead atoms. The molecular weight excluding hydrogens is 399 g/mol.